The molecule has 1 unspecified atom stereocenters. The molecule has 3 aromatic rings. The third kappa shape index (κ3) is 4.53. The van der Waals surface area contributed by atoms with Gasteiger partial charge in [-0.15, -0.1) is 0 Å². The Morgan fingerprint density at radius 2 is 1.85 bits per heavy atom. The lowest BCUT2D eigenvalue weighted by Crippen LogP contribution is -2.32. The van der Waals surface area contributed by atoms with Crippen LogP contribution in [-0.4, -0.2) is 21.5 Å². The molecule has 0 radical (unpaired) electrons. The monoisotopic (exact) mass is 473 g/mol. The second-order valence-corrected chi connectivity index (χ2v) is 9.64. The first-order valence-electron chi connectivity index (χ1n) is 11.7. The van der Waals surface area contributed by atoms with Crippen LogP contribution >= 0.6 is 11.8 Å². The Morgan fingerprint density at radius 1 is 1.06 bits per heavy atom. The zero-order valence-corrected chi connectivity index (χ0v) is 19.9. The van der Waals surface area contributed by atoms with E-state index in [9.17, 15) is 9.59 Å². The molecule has 1 aromatic heterocycles. The summed E-state index contributed by atoms with van der Waals surface area (Å²) in [5.74, 6) is 1.83. The lowest BCUT2D eigenvalue weighted by Gasteiger charge is -2.32. The topological polar surface area (TPSA) is 84.1 Å². The third-order valence-corrected chi connectivity index (χ3v) is 7.22. The molecule has 1 aliphatic heterocycles. The van der Waals surface area contributed by atoms with E-state index in [1.807, 2.05) is 54.6 Å². The Labute approximate surface area is 202 Å². The van der Waals surface area contributed by atoms with Crippen LogP contribution in [0.3, 0.4) is 0 Å². The van der Waals surface area contributed by atoms with Gasteiger partial charge in [-0.05, 0) is 42.5 Å². The summed E-state index contributed by atoms with van der Waals surface area (Å²) >= 11 is 1.53. The maximum Gasteiger partial charge on any atom is 0.257 e. The first-order chi connectivity index (χ1) is 16.6. The lowest BCUT2D eigenvalue weighted by molar-refractivity contribution is -0.116. The largest absolute Gasteiger partial charge is 0.489 e. The molecule has 2 N–H and O–H groups in total. The fraction of sp³-hybridized carbons (Fsp3) is 0.296. The molecule has 1 atom stereocenters. The van der Waals surface area contributed by atoms with Crippen molar-refractivity contribution in [3.63, 3.8) is 0 Å². The van der Waals surface area contributed by atoms with Gasteiger partial charge in [-0.1, -0.05) is 61.2 Å². The molecule has 2 aliphatic rings. The normalized spacial score (nSPS) is 17.1. The fourth-order valence-electron chi connectivity index (χ4n) is 4.54. The predicted octanol–water partition coefficient (Wildman–Crippen LogP) is 5.42. The second-order valence-electron chi connectivity index (χ2n) is 8.55. The number of Topliss-reactive ketones (excluding diaryl/α,β-unsaturated/α-hetero) is 1. The van der Waals surface area contributed by atoms with Crippen molar-refractivity contribution in [3.8, 4) is 5.75 Å². The Hall–Kier alpha value is -3.32. The quantitative estimate of drug-likeness (QED) is 0.352. The number of thioether (sulfide) groups is 1. The molecule has 5 rings (SSSR count). The average molecular weight is 474 g/mol. The number of benzene rings is 2. The van der Waals surface area contributed by atoms with Gasteiger partial charge in [0.05, 0.1) is 5.56 Å². The molecular weight excluding hydrogens is 446 g/mol. The van der Waals surface area contributed by atoms with Crippen molar-refractivity contribution < 1.29 is 9.53 Å². The van der Waals surface area contributed by atoms with Crippen LogP contribution in [0.1, 0.15) is 55.2 Å². The molecule has 1 aliphatic carbocycles. The minimum absolute atomic E-state index is 0.0950. The van der Waals surface area contributed by atoms with E-state index in [0.717, 1.165) is 47.6 Å². The van der Waals surface area contributed by atoms with Crippen LogP contribution < -0.4 is 15.6 Å². The number of H-pyrrole nitrogens is 1. The van der Waals surface area contributed by atoms with E-state index in [1.54, 1.807) is 0 Å². The highest BCUT2D eigenvalue weighted by atomic mass is 32.2. The summed E-state index contributed by atoms with van der Waals surface area (Å²) in [7, 11) is 0. The SMILES string of the molecule is CCCSc1nc2c(c(=O)[nH]1)C(c1ccc(OCc3ccccc3)cc1)C1=C(CCCC1=O)N2. The smallest absolute Gasteiger partial charge is 0.257 e. The van der Waals surface area contributed by atoms with Gasteiger partial charge >= 0.3 is 0 Å². The zero-order valence-electron chi connectivity index (χ0n) is 19.1. The molecule has 0 saturated carbocycles. The van der Waals surface area contributed by atoms with Crippen molar-refractivity contribution in [2.24, 2.45) is 0 Å². The number of carbonyl (C=O) groups is 1. The minimum Gasteiger partial charge on any atom is -0.489 e. The van der Waals surface area contributed by atoms with Gasteiger partial charge in [0.1, 0.15) is 18.2 Å². The number of aromatic nitrogens is 2. The van der Waals surface area contributed by atoms with Gasteiger partial charge in [0, 0.05) is 29.4 Å². The number of ether oxygens (including phenoxy) is 1. The number of ketones is 1. The second kappa shape index (κ2) is 9.89. The summed E-state index contributed by atoms with van der Waals surface area (Å²) in [5.41, 5.74) is 3.87. The zero-order chi connectivity index (χ0) is 23.5. The lowest BCUT2D eigenvalue weighted by atomic mass is 9.76. The number of carbonyl (C=O) groups excluding carboxylic acids is 1. The Kier molecular flexibility index (Phi) is 6.54. The van der Waals surface area contributed by atoms with Crippen LogP contribution in [0.5, 0.6) is 5.75 Å². The number of aromatic amines is 1. The van der Waals surface area contributed by atoms with E-state index in [4.69, 9.17) is 9.72 Å². The number of allylic oxidation sites excluding steroid dienone is 2. The number of anilines is 1. The summed E-state index contributed by atoms with van der Waals surface area (Å²) in [6.45, 7) is 2.57. The van der Waals surface area contributed by atoms with E-state index in [0.29, 0.717) is 35.1 Å². The van der Waals surface area contributed by atoms with Crippen LogP contribution in [0.4, 0.5) is 5.82 Å². The van der Waals surface area contributed by atoms with Crippen molar-refractivity contribution in [3.05, 3.63) is 92.9 Å². The van der Waals surface area contributed by atoms with Gasteiger partial charge in [0.25, 0.3) is 5.56 Å². The summed E-state index contributed by atoms with van der Waals surface area (Å²) in [4.78, 5) is 33.9. The van der Waals surface area contributed by atoms with Crippen molar-refractivity contribution >= 4 is 23.4 Å². The van der Waals surface area contributed by atoms with Gasteiger partial charge in [0.15, 0.2) is 10.9 Å². The minimum atomic E-state index is -0.441. The maximum atomic E-state index is 13.2. The number of rotatable bonds is 7. The van der Waals surface area contributed by atoms with Gasteiger partial charge < -0.3 is 15.0 Å². The van der Waals surface area contributed by atoms with Crippen molar-refractivity contribution in [2.75, 3.05) is 11.1 Å². The fourth-order valence-corrected chi connectivity index (χ4v) is 5.26. The molecule has 0 spiro atoms. The maximum absolute atomic E-state index is 13.2. The van der Waals surface area contributed by atoms with Crippen LogP contribution in [0.2, 0.25) is 0 Å². The van der Waals surface area contributed by atoms with E-state index >= 15 is 0 Å². The molecule has 7 heteroatoms. The number of fused-ring (bicyclic) bond motifs is 1. The molecule has 34 heavy (non-hydrogen) atoms. The van der Waals surface area contributed by atoms with E-state index < -0.39 is 5.92 Å². The highest BCUT2D eigenvalue weighted by Gasteiger charge is 2.37. The van der Waals surface area contributed by atoms with Crippen LogP contribution in [0.25, 0.3) is 0 Å². The number of nitrogens with zero attached hydrogens (tertiary/aromatic N) is 1. The summed E-state index contributed by atoms with van der Waals surface area (Å²) < 4.78 is 5.93. The molecule has 0 saturated heterocycles. The van der Waals surface area contributed by atoms with Crippen LogP contribution in [0.15, 0.2) is 75.8 Å². The molecule has 0 amide bonds. The van der Waals surface area contributed by atoms with Gasteiger partial charge in [-0.3, -0.25) is 9.59 Å². The number of hydrogen-bond donors (Lipinski definition) is 2. The molecule has 0 fully saturated rings. The van der Waals surface area contributed by atoms with Crippen LogP contribution in [-0.2, 0) is 11.4 Å². The Morgan fingerprint density at radius 3 is 2.62 bits per heavy atom. The highest BCUT2D eigenvalue weighted by Crippen LogP contribution is 2.43. The first kappa shape index (κ1) is 22.5. The molecule has 174 valence electrons. The van der Waals surface area contributed by atoms with Crippen LogP contribution in [0, 0.1) is 0 Å². The van der Waals surface area contributed by atoms with Gasteiger partial charge in [-0.25, -0.2) is 4.98 Å². The van der Waals surface area contributed by atoms with Crippen molar-refractivity contribution in [1.82, 2.24) is 9.97 Å². The Bertz CT molecular complexity index is 1280. The van der Waals surface area contributed by atoms with Gasteiger partial charge in [0.2, 0.25) is 0 Å². The summed E-state index contributed by atoms with van der Waals surface area (Å²) in [6, 6.07) is 17.7. The highest BCUT2D eigenvalue weighted by molar-refractivity contribution is 7.99. The molecular formula is C27H27N3O3S. The first-order valence-corrected chi connectivity index (χ1v) is 12.7. The third-order valence-electron chi connectivity index (χ3n) is 6.14. The molecule has 6 nitrogen and oxygen atoms in total. The van der Waals surface area contributed by atoms with E-state index in [-0.39, 0.29) is 11.3 Å². The Balaban J connectivity index is 1.49. The standard InChI is InChI=1S/C27H27N3O3S/c1-2-15-34-27-29-25-24(26(32)30-27)22(23-20(28-25)9-6-10-21(23)31)18-11-13-19(14-12-18)33-16-17-7-4-3-5-8-17/h3-5,7-8,11-14,22H,2,6,9-10,15-16H2,1H3,(H2,28,29,30,32). The summed E-state index contributed by atoms with van der Waals surface area (Å²) in [6.07, 6.45) is 3.07. The molecule has 2 heterocycles. The van der Waals surface area contributed by atoms with Crippen molar-refractivity contribution in [2.45, 2.75) is 50.3 Å². The molecule has 2 aromatic carbocycles. The van der Waals surface area contributed by atoms with E-state index in [2.05, 4.69) is 17.2 Å². The predicted molar refractivity (Wildman–Crippen MR) is 134 cm³/mol. The number of hydrogen-bond acceptors (Lipinski definition) is 6. The number of nitrogens with one attached hydrogen (secondary N) is 2. The average Bonchev–Trinajstić information content (AvgIpc) is 2.86. The van der Waals surface area contributed by atoms with E-state index in [1.165, 1.54) is 11.8 Å². The van der Waals surface area contributed by atoms with Gasteiger partial charge in [-0.2, -0.15) is 0 Å². The van der Waals surface area contributed by atoms with Crippen molar-refractivity contribution in [1.29, 1.82) is 0 Å². The summed E-state index contributed by atoms with van der Waals surface area (Å²) in [5, 5.41) is 3.93. The molecule has 0 bridgehead atoms.